The first-order valence-electron chi connectivity index (χ1n) is 4.01. The molecule has 1 rings (SSSR count). The second kappa shape index (κ2) is 5.14. The first-order chi connectivity index (χ1) is 6.61. The van der Waals surface area contributed by atoms with Crippen molar-refractivity contribution < 1.29 is 14.3 Å². The summed E-state index contributed by atoms with van der Waals surface area (Å²) >= 11 is 1.88. The molecule has 0 amide bonds. The summed E-state index contributed by atoms with van der Waals surface area (Å²) in [7, 11) is 0. The topological polar surface area (TPSA) is 49.3 Å². The minimum atomic E-state index is -0.871. The molecule has 0 spiro atoms. The second-order valence-electron chi connectivity index (χ2n) is 2.67. The minimum absolute atomic E-state index is 0.0204. The van der Waals surface area contributed by atoms with E-state index in [1.165, 1.54) is 6.07 Å². The van der Waals surface area contributed by atoms with E-state index in [0.29, 0.717) is 15.8 Å². The van der Waals surface area contributed by atoms with E-state index < -0.39 is 5.97 Å². The highest BCUT2D eigenvalue weighted by Gasteiger charge is 2.04. The Morgan fingerprint density at radius 1 is 1.57 bits per heavy atom. The van der Waals surface area contributed by atoms with Crippen molar-refractivity contribution >= 4 is 34.2 Å². The lowest BCUT2D eigenvalue weighted by molar-refractivity contribution is -0.136. The highest BCUT2D eigenvalue weighted by Crippen LogP contribution is 2.20. The Kier molecular flexibility index (Phi) is 4.12. The fraction of sp³-hybridized carbons (Fsp3) is 0.222. The lowest BCUT2D eigenvalue weighted by Gasteiger charge is -2.07. The monoisotopic (exact) mass is 309 g/mol. The number of aliphatic carboxylic acids is 1. The molecule has 1 aromatic rings. The molecule has 14 heavy (non-hydrogen) atoms. The molecule has 2 N–H and O–H groups in total. The van der Waals surface area contributed by atoms with E-state index in [1.807, 2.05) is 22.6 Å². The number of benzene rings is 1. The van der Waals surface area contributed by atoms with Crippen LogP contribution >= 0.6 is 22.6 Å². The molecule has 0 unspecified atom stereocenters. The maximum absolute atomic E-state index is 13.0. The van der Waals surface area contributed by atoms with Crippen LogP contribution in [0.5, 0.6) is 0 Å². The zero-order valence-corrected chi connectivity index (χ0v) is 9.42. The summed E-state index contributed by atoms with van der Waals surface area (Å²) in [4.78, 5) is 10.2. The van der Waals surface area contributed by atoms with Gasteiger partial charge in [0, 0.05) is 6.54 Å². The van der Waals surface area contributed by atoms with E-state index in [-0.39, 0.29) is 12.2 Å². The van der Waals surface area contributed by atoms with Crippen LogP contribution < -0.4 is 5.32 Å². The summed E-state index contributed by atoms with van der Waals surface area (Å²) in [6.07, 6.45) is 0.0204. The summed E-state index contributed by atoms with van der Waals surface area (Å²) in [6.45, 7) is 0.300. The van der Waals surface area contributed by atoms with Crippen molar-refractivity contribution in [2.75, 3.05) is 11.9 Å². The average Bonchev–Trinajstić information content (AvgIpc) is 2.12. The molecule has 0 saturated heterocycles. The summed E-state index contributed by atoms with van der Waals surface area (Å²) in [5, 5.41) is 11.3. The van der Waals surface area contributed by atoms with Crippen LogP contribution in [0.2, 0.25) is 0 Å². The van der Waals surface area contributed by atoms with Gasteiger partial charge in [-0.3, -0.25) is 4.79 Å². The second-order valence-corrected chi connectivity index (χ2v) is 3.75. The van der Waals surface area contributed by atoms with Gasteiger partial charge in [-0.1, -0.05) is 6.07 Å². The molecule has 0 radical (unpaired) electrons. The third-order valence-electron chi connectivity index (χ3n) is 1.61. The Bertz CT molecular complexity index is 344. The zero-order valence-electron chi connectivity index (χ0n) is 7.26. The van der Waals surface area contributed by atoms with E-state index in [0.717, 1.165) is 0 Å². The lowest BCUT2D eigenvalue weighted by Crippen LogP contribution is -2.08. The first-order valence-corrected chi connectivity index (χ1v) is 5.09. The van der Waals surface area contributed by atoms with Gasteiger partial charge in [-0.05, 0) is 34.7 Å². The number of carboxylic acids is 1. The predicted octanol–water partition coefficient (Wildman–Crippen LogP) is 2.32. The van der Waals surface area contributed by atoms with E-state index in [1.54, 1.807) is 12.1 Å². The largest absolute Gasteiger partial charge is 0.481 e. The SMILES string of the molecule is O=C(O)CCNc1cccc(F)c1I. The van der Waals surface area contributed by atoms with E-state index in [9.17, 15) is 9.18 Å². The molecule has 5 heteroatoms. The summed E-state index contributed by atoms with van der Waals surface area (Å²) in [6, 6.07) is 4.66. The van der Waals surface area contributed by atoms with Crippen molar-refractivity contribution in [2.24, 2.45) is 0 Å². The number of carbonyl (C=O) groups is 1. The van der Waals surface area contributed by atoms with Gasteiger partial charge >= 0.3 is 5.97 Å². The van der Waals surface area contributed by atoms with Crippen LogP contribution in [0.25, 0.3) is 0 Å². The Balaban J connectivity index is 2.59. The molecule has 0 saturated carbocycles. The number of carboxylic acid groups (broad SMARTS) is 1. The molecule has 0 bridgehead atoms. The van der Waals surface area contributed by atoms with Gasteiger partial charge in [-0.15, -0.1) is 0 Å². The van der Waals surface area contributed by atoms with Crippen LogP contribution in [0.15, 0.2) is 18.2 Å². The van der Waals surface area contributed by atoms with Gasteiger partial charge in [0.15, 0.2) is 0 Å². The molecule has 0 aromatic heterocycles. The molecule has 0 aliphatic heterocycles. The highest BCUT2D eigenvalue weighted by molar-refractivity contribution is 14.1. The van der Waals surface area contributed by atoms with Gasteiger partial charge in [0.25, 0.3) is 0 Å². The maximum Gasteiger partial charge on any atom is 0.305 e. The lowest BCUT2D eigenvalue weighted by atomic mass is 10.3. The number of rotatable bonds is 4. The Labute approximate surface area is 94.5 Å². The number of nitrogens with one attached hydrogen (secondary N) is 1. The molecular weight excluding hydrogens is 300 g/mol. The molecular formula is C9H9FINO2. The fourth-order valence-corrected chi connectivity index (χ4v) is 1.49. The third kappa shape index (κ3) is 3.13. The molecule has 0 fully saturated rings. The number of halogens is 2. The standard InChI is InChI=1S/C9H9FINO2/c10-6-2-1-3-7(9(6)11)12-5-4-8(13)14/h1-3,12H,4-5H2,(H,13,14). The van der Waals surface area contributed by atoms with Crippen molar-refractivity contribution in [3.8, 4) is 0 Å². The number of anilines is 1. The normalized spacial score (nSPS) is 9.86. The van der Waals surface area contributed by atoms with E-state index >= 15 is 0 Å². The van der Waals surface area contributed by atoms with Crippen LogP contribution in [-0.4, -0.2) is 17.6 Å². The number of hydrogen-bond acceptors (Lipinski definition) is 2. The van der Waals surface area contributed by atoms with Gasteiger partial charge in [-0.25, -0.2) is 4.39 Å². The van der Waals surface area contributed by atoms with Crippen LogP contribution in [-0.2, 0) is 4.79 Å². The molecule has 0 atom stereocenters. The molecule has 3 nitrogen and oxygen atoms in total. The first kappa shape index (κ1) is 11.2. The zero-order chi connectivity index (χ0) is 10.6. The Hall–Kier alpha value is -0.850. The van der Waals surface area contributed by atoms with Crippen molar-refractivity contribution in [2.45, 2.75) is 6.42 Å². The number of hydrogen-bond donors (Lipinski definition) is 2. The summed E-state index contributed by atoms with van der Waals surface area (Å²) in [5.41, 5.74) is 0.631. The summed E-state index contributed by atoms with van der Waals surface area (Å²) < 4.78 is 13.5. The van der Waals surface area contributed by atoms with Crippen molar-refractivity contribution in [1.82, 2.24) is 0 Å². The average molecular weight is 309 g/mol. The third-order valence-corrected chi connectivity index (χ3v) is 2.70. The molecule has 1 aromatic carbocycles. The fourth-order valence-electron chi connectivity index (χ4n) is 0.944. The van der Waals surface area contributed by atoms with Crippen molar-refractivity contribution in [3.63, 3.8) is 0 Å². The van der Waals surface area contributed by atoms with Crippen LogP contribution in [0.3, 0.4) is 0 Å². The van der Waals surface area contributed by atoms with Gasteiger partial charge in [0.2, 0.25) is 0 Å². The maximum atomic E-state index is 13.0. The van der Waals surface area contributed by atoms with Crippen LogP contribution in [0.1, 0.15) is 6.42 Å². The summed E-state index contributed by atoms with van der Waals surface area (Å²) in [5.74, 6) is -1.17. The van der Waals surface area contributed by atoms with Gasteiger partial charge in [0.05, 0.1) is 15.7 Å². The Morgan fingerprint density at radius 2 is 2.29 bits per heavy atom. The van der Waals surface area contributed by atoms with E-state index in [2.05, 4.69) is 5.32 Å². The minimum Gasteiger partial charge on any atom is -0.481 e. The van der Waals surface area contributed by atoms with Crippen LogP contribution in [0, 0.1) is 9.39 Å². The smallest absolute Gasteiger partial charge is 0.305 e. The van der Waals surface area contributed by atoms with Gasteiger partial charge < -0.3 is 10.4 Å². The Morgan fingerprint density at radius 3 is 2.93 bits per heavy atom. The molecule has 0 heterocycles. The molecule has 0 aliphatic rings. The van der Waals surface area contributed by atoms with Crippen LogP contribution in [0.4, 0.5) is 10.1 Å². The quantitative estimate of drug-likeness (QED) is 0.839. The highest BCUT2D eigenvalue weighted by atomic mass is 127. The van der Waals surface area contributed by atoms with Crippen molar-refractivity contribution in [1.29, 1.82) is 0 Å². The van der Waals surface area contributed by atoms with Gasteiger partial charge in [-0.2, -0.15) is 0 Å². The predicted molar refractivity (Wildman–Crippen MR) is 59.9 cm³/mol. The van der Waals surface area contributed by atoms with E-state index in [4.69, 9.17) is 5.11 Å². The molecule has 76 valence electrons. The molecule has 0 aliphatic carbocycles. The van der Waals surface area contributed by atoms with Gasteiger partial charge in [0.1, 0.15) is 5.82 Å². The van der Waals surface area contributed by atoms with Crippen molar-refractivity contribution in [3.05, 3.63) is 27.6 Å².